The smallest absolute Gasteiger partial charge is 0.228 e. The lowest BCUT2D eigenvalue weighted by Crippen LogP contribution is -2.72. The molecule has 2 bridgehead atoms. The highest BCUT2D eigenvalue weighted by Crippen LogP contribution is 2.93. The number of amides is 1. The maximum Gasteiger partial charge on any atom is 0.228 e. The Kier molecular flexibility index (Phi) is 2.87. The van der Waals surface area contributed by atoms with E-state index in [2.05, 4.69) is 37.5 Å². The molecule has 5 unspecified atom stereocenters. The minimum atomic E-state index is 0.0217. The Labute approximate surface area is 147 Å². The number of hydrogen-bond donors (Lipinski definition) is 0. The van der Waals surface area contributed by atoms with Gasteiger partial charge in [0.15, 0.2) is 0 Å². The van der Waals surface area contributed by atoms with Crippen LogP contribution in [0.2, 0.25) is 0 Å². The molecule has 0 radical (unpaired) electrons. The molecule has 24 heavy (non-hydrogen) atoms. The highest BCUT2D eigenvalue weighted by Gasteiger charge is 2.88. The molecule has 0 aromatic carbocycles. The van der Waals surface area contributed by atoms with Crippen LogP contribution in [0, 0.1) is 33.5 Å². The molecule has 4 aliphatic carbocycles. The van der Waals surface area contributed by atoms with Crippen LogP contribution in [-0.2, 0) is 4.79 Å². The molecule has 1 spiro atoms. The molecule has 1 saturated heterocycles. The number of rotatable bonds is 3. The number of piperazine rings is 1. The molecule has 1 aliphatic heterocycles. The Balaban J connectivity index is 1.31. The molecule has 5 rings (SSSR count). The van der Waals surface area contributed by atoms with E-state index in [9.17, 15) is 4.79 Å². The van der Waals surface area contributed by atoms with Gasteiger partial charge in [0.25, 0.3) is 0 Å². The van der Waals surface area contributed by atoms with E-state index in [1.807, 2.05) is 0 Å². The zero-order valence-electron chi connectivity index (χ0n) is 16.0. The standard InChI is InChI=1S/C21H34N2O/c1-15(2)11-22-5-7-23(8-6-22)17(24)20-10-16-9-18(3)12-19(4,13-20)21(16,18)14-20/h15-16H,5-14H2,1-4H3. The maximum atomic E-state index is 13.5. The molecule has 4 saturated carbocycles. The van der Waals surface area contributed by atoms with Crippen molar-refractivity contribution in [3.63, 3.8) is 0 Å². The van der Waals surface area contributed by atoms with Crippen LogP contribution in [-0.4, -0.2) is 48.4 Å². The van der Waals surface area contributed by atoms with Crippen molar-refractivity contribution in [3.05, 3.63) is 0 Å². The third kappa shape index (κ3) is 1.57. The lowest BCUT2D eigenvalue weighted by molar-refractivity contribution is -0.301. The lowest BCUT2D eigenvalue weighted by atomic mass is 9.26. The molecule has 3 heteroatoms. The Morgan fingerprint density at radius 3 is 2.25 bits per heavy atom. The van der Waals surface area contributed by atoms with E-state index in [1.54, 1.807) is 0 Å². The third-order valence-corrected chi connectivity index (χ3v) is 9.05. The van der Waals surface area contributed by atoms with E-state index in [1.165, 1.54) is 38.6 Å². The Bertz CT molecular complexity index is 595. The molecule has 134 valence electrons. The maximum absolute atomic E-state index is 13.5. The van der Waals surface area contributed by atoms with Gasteiger partial charge in [-0.2, -0.15) is 0 Å². The van der Waals surface area contributed by atoms with Crippen molar-refractivity contribution in [2.75, 3.05) is 32.7 Å². The predicted octanol–water partition coefficient (Wildman–Crippen LogP) is 3.39. The van der Waals surface area contributed by atoms with Gasteiger partial charge >= 0.3 is 0 Å². The largest absolute Gasteiger partial charge is 0.340 e. The fraction of sp³-hybridized carbons (Fsp3) is 0.952. The highest BCUT2D eigenvalue weighted by atomic mass is 16.2. The van der Waals surface area contributed by atoms with Crippen molar-refractivity contribution >= 4 is 5.91 Å². The number of hydrogen-bond acceptors (Lipinski definition) is 2. The van der Waals surface area contributed by atoms with Crippen LogP contribution in [0.1, 0.15) is 59.8 Å². The molecular weight excluding hydrogens is 296 g/mol. The normalized spacial score (nSPS) is 52.2. The molecule has 0 aromatic rings. The monoisotopic (exact) mass is 330 g/mol. The summed E-state index contributed by atoms with van der Waals surface area (Å²) >= 11 is 0. The number of fused-ring (bicyclic) bond motifs is 1. The second kappa shape index (κ2) is 4.39. The van der Waals surface area contributed by atoms with Gasteiger partial charge in [-0.1, -0.05) is 27.7 Å². The summed E-state index contributed by atoms with van der Waals surface area (Å²) in [6.07, 6.45) is 6.41. The van der Waals surface area contributed by atoms with Gasteiger partial charge in [0.1, 0.15) is 0 Å². The molecular formula is C21H34N2O. The summed E-state index contributed by atoms with van der Waals surface area (Å²) in [5.74, 6) is 2.12. The zero-order valence-corrected chi connectivity index (χ0v) is 16.0. The van der Waals surface area contributed by atoms with Crippen molar-refractivity contribution in [1.82, 2.24) is 9.80 Å². The summed E-state index contributed by atoms with van der Waals surface area (Å²) in [5.41, 5.74) is 1.64. The van der Waals surface area contributed by atoms with Crippen LogP contribution in [0.15, 0.2) is 0 Å². The zero-order chi connectivity index (χ0) is 17.0. The molecule has 5 atom stereocenters. The molecule has 1 heterocycles. The van der Waals surface area contributed by atoms with Gasteiger partial charge < -0.3 is 4.90 Å². The van der Waals surface area contributed by atoms with Crippen molar-refractivity contribution in [1.29, 1.82) is 0 Å². The summed E-state index contributed by atoms with van der Waals surface area (Å²) in [6, 6.07) is 0. The van der Waals surface area contributed by atoms with Crippen molar-refractivity contribution in [2.24, 2.45) is 33.5 Å². The second-order valence-corrected chi connectivity index (χ2v) is 11.0. The Hall–Kier alpha value is -0.570. The van der Waals surface area contributed by atoms with Gasteiger partial charge in [0, 0.05) is 32.7 Å². The van der Waals surface area contributed by atoms with Crippen LogP contribution in [0.4, 0.5) is 0 Å². The fourth-order valence-electron chi connectivity index (χ4n) is 8.85. The van der Waals surface area contributed by atoms with E-state index in [0.717, 1.165) is 38.0 Å². The number of nitrogens with zero attached hydrogens (tertiary/aromatic N) is 2. The number of carbonyl (C=O) groups excluding carboxylic acids is 1. The van der Waals surface area contributed by atoms with Crippen LogP contribution in [0.25, 0.3) is 0 Å². The van der Waals surface area contributed by atoms with Gasteiger partial charge in [-0.05, 0) is 60.2 Å². The average Bonchev–Trinajstić information content (AvgIpc) is 2.93. The van der Waals surface area contributed by atoms with Gasteiger partial charge in [0.05, 0.1) is 5.41 Å². The van der Waals surface area contributed by atoms with E-state index in [0.29, 0.717) is 22.2 Å². The minimum absolute atomic E-state index is 0.0217. The molecule has 1 amide bonds. The number of carbonyl (C=O) groups is 1. The van der Waals surface area contributed by atoms with Gasteiger partial charge in [-0.25, -0.2) is 0 Å². The summed E-state index contributed by atoms with van der Waals surface area (Å²) in [7, 11) is 0. The lowest BCUT2D eigenvalue weighted by Gasteiger charge is -2.78. The molecule has 5 fully saturated rings. The van der Waals surface area contributed by atoms with Crippen LogP contribution in [0.3, 0.4) is 0 Å². The predicted molar refractivity (Wildman–Crippen MR) is 95.5 cm³/mol. The topological polar surface area (TPSA) is 23.6 Å². The first kappa shape index (κ1) is 15.7. The van der Waals surface area contributed by atoms with Gasteiger partial charge in [0.2, 0.25) is 5.91 Å². The summed E-state index contributed by atoms with van der Waals surface area (Å²) in [4.78, 5) is 18.3. The van der Waals surface area contributed by atoms with Gasteiger partial charge in [-0.15, -0.1) is 0 Å². The highest BCUT2D eigenvalue weighted by molar-refractivity contribution is 5.85. The Morgan fingerprint density at radius 2 is 1.71 bits per heavy atom. The van der Waals surface area contributed by atoms with Crippen molar-refractivity contribution in [3.8, 4) is 0 Å². The first-order chi connectivity index (χ1) is 11.2. The first-order valence-corrected chi connectivity index (χ1v) is 10.3. The van der Waals surface area contributed by atoms with Crippen molar-refractivity contribution in [2.45, 2.75) is 59.8 Å². The summed E-state index contributed by atoms with van der Waals surface area (Å²) < 4.78 is 0. The fourth-order valence-corrected chi connectivity index (χ4v) is 8.85. The van der Waals surface area contributed by atoms with E-state index in [4.69, 9.17) is 0 Å². The molecule has 0 aromatic heterocycles. The molecule has 5 aliphatic rings. The molecule has 3 nitrogen and oxygen atoms in total. The van der Waals surface area contributed by atoms with Crippen molar-refractivity contribution < 1.29 is 4.79 Å². The van der Waals surface area contributed by atoms with E-state index >= 15 is 0 Å². The summed E-state index contributed by atoms with van der Waals surface area (Å²) in [5, 5.41) is 0. The third-order valence-electron chi connectivity index (χ3n) is 9.05. The first-order valence-electron chi connectivity index (χ1n) is 10.3. The Morgan fingerprint density at radius 1 is 1.00 bits per heavy atom. The molecule has 0 N–H and O–H groups in total. The van der Waals surface area contributed by atoms with Crippen LogP contribution < -0.4 is 0 Å². The van der Waals surface area contributed by atoms with Crippen LogP contribution in [0.5, 0.6) is 0 Å². The second-order valence-electron chi connectivity index (χ2n) is 11.0. The van der Waals surface area contributed by atoms with E-state index < -0.39 is 0 Å². The van der Waals surface area contributed by atoms with Crippen LogP contribution >= 0.6 is 0 Å². The average molecular weight is 331 g/mol. The quantitative estimate of drug-likeness (QED) is 0.792. The SMILES string of the molecule is CC(C)CN1CCN(C(=O)C23CC4CC5(C)CC(C)(C2)C45C3)CC1. The minimum Gasteiger partial charge on any atom is -0.340 e. The summed E-state index contributed by atoms with van der Waals surface area (Å²) in [6.45, 7) is 14.8. The van der Waals surface area contributed by atoms with Gasteiger partial charge in [-0.3, -0.25) is 9.69 Å². The van der Waals surface area contributed by atoms with E-state index in [-0.39, 0.29) is 5.41 Å².